The number of hydrogen-bond acceptors (Lipinski definition) is 2. The highest BCUT2D eigenvalue weighted by Crippen LogP contribution is 2.36. The smallest absolute Gasteiger partial charge is 0.385 e. The zero-order valence-electron chi connectivity index (χ0n) is 11.6. The molecule has 0 unspecified atom stereocenters. The number of nitrogens with zero attached hydrogens (tertiary/aromatic N) is 1. The van der Waals surface area contributed by atoms with Gasteiger partial charge < -0.3 is 10.0 Å². The van der Waals surface area contributed by atoms with E-state index in [0.29, 0.717) is 18.4 Å². The number of benzene rings is 1. The summed E-state index contributed by atoms with van der Waals surface area (Å²) in [6, 6.07) is 5.08. The normalized spacial score (nSPS) is 20.1. The molecule has 0 radical (unpaired) electrons. The Hall–Kier alpha value is -1.07. The van der Waals surface area contributed by atoms with E-state index in [1.165, 1.54) is 6.07 Å². The standard InChI is InChI=1S/C15H20F3NO/c1-2-8-19-9-6-14(20,7-10-19)12-4-3-5-13(11-12)15(16,17)18/h3-5,11,20H,2,6-10H2,1H3. The van der Waals surface area contributed by atoms with Crippen LogP contribution in [-0.4, -0.2) is 29.6 Å². The second-order valence-electron chi connectivity index (χ2n) is 5.45. The van der Waals surface area contributed by atoms with E-state index >= 15 is 0 Å². The Morgan fingerprint density at radius 2 is 1.90 bits per heavy atom. The van der Waals surface area contributed by atoms with E-state index < -0.39 is 17.3 Å². The van der Waals surface area contributed by atoms with Crippen LogP contribution in [0.2, 0.25) is 0 Å². The molecule has 20 heavy (non-hydrogen) atoms. The van der Waals surface area contributed by atoms with E-state index in [1.54, 1.807) is 6.07 Å². The Kier molecular flexibility index (Phi) is 4.39. The molecule has 0 bridgehead atoms. The largest absolute Gasteiger partial charge is 0.416 e. The van der Waals surface area contributed by atoms with Gasteiger partial charge in [-0.1, -0.05) is 19.1 Å². The summed E-state index contributed by atoms with van der Waals surface area (Å²) in [5.74, 6) is 0. The minimum atomic E-state index is -4.37. The van der Waals surface area contributed by atoms with Crippen molar-refractivity contribution in [2.45, 2.75) is 38.0 Å². The molecule has 112 valence electrons. The molecular weight excluding hydrogens is 267 g/mol. The molecule has 2 rings (SSSR count). The summed E-state index contributed by atoms with van der Waals surface area (Å²) in [7, 11) is 0. The van der Waals surface area contributed by atoms with Crippen LogP contribution in [0.15, 0.2) is 24.3 Å². The summed E-state index contributed by atoms with van der Waals surface area (Å²) in [5.41, 5.74) is -1.45. The van der Waals surface area contributed by atoms with Gasteiger partial charge >= 0.3 is 6.18 Å². The predicted molar refractivity (Wildman–Crippen MR) is 71.3 cm³/mol. The van der Waals surface area contributed by atoms with Gasteiger partial charge in [-0.15, -0.1) is 0 Å². The third-order valence-electron chi connectivity index (χ3n) is 3.95. The van der Waals surface area contributed by atoms with Gasteiger partial charge in [-0.25, -0.2) is 0 Å². The summed E-state index contributed by atoms with van der Waals surface area (Å²) in [5, 5.41) is 10.6. The zero-order chi connectivity index (χ0) is 14.8. The van der Waals surface area contributed by atoms with Crippen LogP contribution in [0, 0.1) is 0 Å². The molecule has 0 saturated carbocycles. The monoisotopic (exact) mass is 287 g/mol. The number of rotatable bonds is 3. The quantitative estimate of drug-likeness (QED) is 0.921. The maximum absolute atomic E-state index is 12.7. The van der Waals surface area contributed by atoms with Gasteiger partial charge in [0.05, 0.1) is 11.2 Å². The van der Waals surface area contributed by atoms with Crippen molar-refractivity contribution in [2.24, 2.45) is 0 Å². The van der Waals surface area contributed by atoms with E-state index in [1.807, 2.05) is 0 Å². The van der Waals surface area contributed by atoms with Crippen LogP contribution in [0.25, 0.3) is 0 Å². The lowest BCUT2D eigenvalue weighted by molar-refractivity contribution is -0.137. The molecule has 1 saturated heterocycles. The molecule has 0 spiro atoms. The van der Waals surface area contributed by atoms with Gasteiger partial charge in [0.1, 0.15) is 0 Å². The number of hydrogen-bond donors (Lipinski definition) is 1. The molecule has 0 aromatic heterocycles. The molecule has 1 aromatic carbocycles. The lowest BCUT2D eigenvalue weighted by atomic mass is 9.83. The first kappa shape index (κ1) is 15.3. The summed E-state index contributed by atoms with van der Waals surface area (Å²) in [4.78, 5) is 2.24. The summed E-state index contributed by atoms with van der Waals surface area (Å²) in [6.07, 6.45) is -2.36. The molecule has 1 aliphatic heterocycles. The van der Waals surface area contributed by atoms with Crippen molar-refractivity contribution >= 4 is 0 Å². The Morgan fingerprint density at radius 3 is 2.45 bits per heavy atom. The SMILES string of the molecule is CCCN1CCC(O)(c2cccc(C(F)(F)F)c2)CC1. The van der Waals surface area contributed by atoms with Crippen molar-refractivity contribution in [3.8, 4) is 0 Å². The number of aliphatic hydroxyl groups is 1. The first-order valence-corrected chi connectivity index (χ1v) is 6.97. The Bertz CT molecular complexity index is 451. The molecule has 0 amide bonds. The molecule has 1 heterocycles. The highest BCUT2D eigenvalue weighted by Gasteiger charge is 2.36. The van der Waals surface area contributed by atoms with Crippen LogP contribution in [0.4, 0.5) is 13.2 Å². The second kappa shape index (κ2) is 5.74. The molecule has 1 fully saturated rings. The topological polar surface area (TPSA) is 23.5 Å². The highest BCUT2D eigenvalue weighted by molar-refractivity contribution is 5.30. The van der Waals surface area contributed by atoms with Crippen LogP contribution in [0.3, 0.4) is 0 Å². The van der Waals surface area contributed by atoms with Crippen molar-refractivity contribution in [1.82, 2.24) is 4.90 Å². The number of alkyl halides is 3. The second-order valence-corrected chi connectivity index (χ2v) is 5.45. The third-order valence-corrected chi connectivity index (χ3v) is 3.95. The van der Waals surface area contributed by atoms with E-state index in [0.717, 1.165) is 38.2 Å². The van der Waals surface area contributed by atoms with Crippen molar-refractivity contribution in [2.75, 3.05) is 19.6 Å². The van der Waals surface area contributed by atoms with Crippen molar-refractivity contribution in [3.05, 3.63) is 35.4 Å². The van der Waals surface area contributed by atoms with Crippen LogP contribution < -0.4 is 0 Å². The van der Waals surface area contributed by atoms with Gasteiger partial charge in [-0.05, 0) is 43.5 Å². The maximum atomic E-state index is 12.7. The number of likely N-dealkylation sites (tertiary alicyclic amines) is 1. The van der Waals surface area contributed by atoms with Crippen molar-refractivity contribution in [1.29, 1.82) is 0 Å². The fourth-order valence-electron chi connectivity index (χ4n) is 2.74. The van der Waals surface area contributed by atoms with E-state index in [9.17, 15) is 18.3 Å². The Balaban J connectivity index is 2.15. The van der Waals surface area contributed by atoms with E-state index in [-0.39, 0.29) is 0 Å². The van der Waals surface area contributed by atoms with Crippen LogP contribution in [0.1, 0.15) is 37.3 Å². The van der Waals surface area contributed by atoms with Gasteiger partial charge in [-0.2, -0.15) is 13.2 Å². The van der Waals surface area contributed by atoms with Gasteiger partial charge in [0.15, 0.2) is 0 Å². The first-order chi connectivity index (χ1) is 9.35. The molecule has 5 heteroatoms. The number of halogens is 3. The average molecular weight is 287 g/mol. The Labute approximate surface area is 117 Å². The van der Waals surface area contributed by atoms with E-state index in [2.05, 4.69) is 11.8 Å². The molecule has 0 aliphatic carbocycles. The van der Waals surface area contributed by atoms with Crippen LogP contribution >= 0.6 is 0 Å². The van der Waals surface area contributed by atoms with E-state index in [4.69, 9.17) is 0 Å². The molecule has 1 N–H and O–H groups in total. The third kappa shape index (κ3) is 3.33. The van der Waals surface area contributed by atoms with Gasteiger partial charge in [-0.3, -0.25) is 0 Å². The number of piperidine rings is 1. The first-order valence-electron chi connectivity index (χ1n) is 6.97. The maximum Gasteiger partial charge on any atom is 0.416 e. The Morgan fingerprint density at radius 1 is 1.25 bits per heavy atom. The average Bonchev–Trinajstić information content (AvgIpc) is 2.41. The summed E-state index contributed by atoms with van der Waals surface area (Å²) >= 11 is 0. The van der Waals surface area contributed by atoms with Crippen molar-refractivity contribution in [3.63, 3.8) is 0 Å². The zero-order valence-corrected chi connectivity index (χ0v) is 11.6. The lowest BCUT2D eigenvalue weighted by Gasteiger charge is -2.38. The molecule has 0 atom stereocenters. The van der Waals surface area contributed by atoms with Gasteiger partial charge in [0, 0.05) is 13.1 Å². The predicted octanol–water partition coefficient (Wildman–Crippen LogP) is 3.40. The fourth-order valence-corrected chi connectivity index (χ4v) is 2.74. The molecule has 2 nitrogen and oxygen atoms in total. The van der Waals surface area contributed by atoms with Crippen LogP contribution in [0.5, 0.6) is 0 Å². The molecule has 1 aliphatic rings. The van der Waals surface area contributed by atoms with Gasteiger partial charge in [0.2, 0.25) is 0 Å². The lowest BCUT2D eigenvalue weighted by Crippen LogP contribution is -2.42. The highest BCUT2D eigenvalue weighted by atomic mass is 19.4. The molecule has 1 aromatic rings. The fraction of sp³-hybridized carbons (Fsp3) is 0.600. The van der Waals surface area contributed by atoms with Gasteiger partial charge in [0.25, 0.3) is 0 Å². The minimum absolute atomic E-state index is 0.378. The van der Waals surface area contributed by atoms with Crippen molar-refractivity contribution < 1.29 is 18.3 Å². The minimum Gasteiger partial charge on any atom is -0.385 e. The summed E-state index contributed by atoms with van der Waals surface area (Å²) in [6.45, 7) is 4.51. The molecular formula is C15H20F3NO. The van der Waals surface area contributed by atoms with Crippen LogP contribution in [-0.2, 0) is 11.8 Å². The summed E-state index contributed by atoms with van der Waals surface area (Å²) < 4.78 is 38.2.